The maximum absolute atomic E-state index is 13.3. The van der Waals surface area contributed by atoms with E-state index in [1.54, 1.807) is 19.1 Å². The molecule has 7 nitrogen and oxygen atoms in total. The summed E-state index contributed by atoms with van der Waals surface area (Å²) in [5, 5.41) is 14.6. The number of nitrogens with one attached hydrogen (secondary N) is 1. The van der Waals surface area contributed by atoms with Crippen molar-refractivity contribution >= 4 is 17.8 Å². The van der Waals surface area contributed by atoms with Gasteiger partial charge < -0.3 is 4.74 Å². The highest BCUT2D eigenvalue weighted by atomic mass is 19.1. The van der Waals surface area contributed by atoms with E-state index < -0.39 is 23.3 Å². The standard InChI is InChI=1S/C16H14FN3O4/c1-11-6-7-15(14(8-11)20(22)23)24-10-16(21)19-18-9-12-4-2-3-5-13(12)17/h2-9H,10H2,1H3,(H,19,21)/b18-9-. The summed E-state index contributed by atoms with van der Waals surface area (Å²) in [5.74, 6) is -1.11. The third-order valence-electron chi connectivity index (χ3n) is 2.97. The Balaban J connectivity index is 1.92. The number of benzene rings is 2. The number of hydrazone groups is 1. The molecule has 0 aliphatic carbocycles. The highest BCUT2D eigenvalue weighted by Gasteiger charge is 2.16. The molecular formula is C16H14FN3O4. The predicted molar refractivity (Wildman–Crippen MR) is 85.5 cm³/mol. The van der Waals surface area contributed by atoms with Crippen LogP contribution in [0.15, 0.2) is 47.6 Å². The molecule has 0 heterocycles. The summed E-state index contributed by atoms with van der Waals surface area (Å²) in [7, 11) is 0. The van der Waals surface area contributed by atoms with Crippen molar-refractivity contribution in [2.24, 2.45) is 5.10 Å². The van der Waals surface area contributed by atoms with Gasteiger partial charge in [0.25, 0.3) is 5.91 Å². The van der Waals surface area contributed by atoms with Gasteiger partial charge in [-0.3, -0.25) is 14.9 Å². The molecule has 0 saturated heterocycles. The normalized spacial score (nSPS) is 10.6. The molecule has 0 unspecified atom stereocenters. The maximum atomic E-state index is 13.3. The molecule has 0 saturated carbocycles. The Morgan fingerprint density at radius 3 is 2.83 bits per heavy atom. The first-order valence-electron chi connectivity index (χ1n) is 6.91. The molecule has 0 radical (unpaired) electrons. The highest BCUT2D eigenvalue weighted by molar-refractivity contribution is 5.83. The molecule has 0 aliphatic heterocycles. The molecule has 2 aromatic carbocycles. The Morgan fingerprint density at radius 1 is 1.38 bits per heavy atom. The summed E-state index contributed by atoms with van der Waals surface area (Å²) >= 11 is 0. The summed E-state index contributed by atoms with van der Waals surface area (Å²) in [6, 6.07) is 10.3. The molecule has 2 aromatic rings. The van der Waals surface area contributed by atoms with Crippen LogP contribution in [0.25, 0.3) is 0 Å². The van der Waals surface area contributed by atoms with Gasteiger partial charge >= 0.3 is 5.69 Å². The Hall–Kier alpha value is -3.29. The molecule has 24 heavy (non-hydrogen) atoms. The lowest BCUT2D eigenvalue weighted by molar-refractivity contribution is -0.385. The quantitative estimate of drug-likeness (QED) is 0.500. The minimum absolute atomic E-state index is 0.0150. The number of nitro benzene ring substituents is 1. The lowest BCUT2D eigenvalue weighted by Gasteiger charge is -2.06. The zero-order chi connectivity index (χ0) is 17.5. The van der Waals surface area contributed by atoms with E-state index in [1.807, 2.05) is 0 Å². The second-order valence-corrected chi connectivity index (χ2v) is 4.83. The van der Waals surface area contributed by atoms with Crippen molar-refractivity contribution in [3.63, 3.8) is 0 Å². The average Bonchev–Trinajstić information content (AvgIpc) is 2.55. The number of hydrogen-bond donors (Lipinski definition) is 1. The second-order valence-electron chi connectivity index (χ2n) is 4.83. The van der Waals surface area contributed by atoms with Crippen LogP contribution in [0.3, 0.4) is 0 Å². The minimum atomic E-state index is -0.627. The monoisotopic (exact) mass is 331 g/mol. The molecule has 0 atom stereocenters. The van der Waals surface area contributed by atoms with E-state index in [-0.39, 0.29) is 17.0 Å². The topological polar surface area (TPSA) is 93.8 Å². The number of carbonyl (C=O) groups is 1. The fourth-order valence-electron chi connectivity index (χ4n) is 1.82. The molecule has 0 bridgehead atoms. The molecule has 1 N–H and O–H groups in total. The third kappa shape index (κ3) is 4.60. The third-order valence-corrected chi connectivity index (χ3v) is 2.97. The average molecular weight is 331 g/mol. The van der Waals surface area contributed by atoms with E-state index in [1.165, 1.54) is 30.3 Å². The van der Waals surface area contributed by atoms with Gasteiger partial charge in [0.05, 0.1) is 11.1 Å². The van der Waals surface area contributed by atoms with Gasteiger partial charge in [-0.25, -0.2) is 9.82 Å². The van der Waals surface area contributed by atoms with Crippen LogP contribution < -0.4 is 10.2 Å². The number of amides is 1. The van der Waals surface area contributed by atoms with Gasteiger partial charge in [0.15, 0.2) is 12.4 Å². The van der Waals surface area contributed by atoms with Gasteiger partial charge in [0.1, 0.15) is 5.82 Å². The maximum Gasteiger partial charge on any atom is 0.311 e. The first kappa shape index (κ1) is 17.1. The van der Waals surface area contributed by atoms with Crippen molar-refractivity contribution in [2.75, 3.05) is 6.61 Å². The van der Waals surface area contributed by atoms with E-state index in [2.05, 4.69) is 10.5 Å². The Morgan fingerprint density at radius 2 is 2.12 bits per heavy atom. The predicted octanol–water partition coefficient (Wildman–Crippen LogP) is 2.57. The number of hydrogen-bond acceptors (Lipinski definition) is 5. The molecule has 1 amide bonds. The van der Waals surface area contributed by atoms with Gasteiger partial charge in [-0.1, -0.05) is 24.3 Å². The van der Waals surface area contributed by atoms with Gasteiger partial charge in [-0.2, -0.15) is 5.10 Å². The first-order valence-corrected chi connectivity index (χ1v) is 6.91. The van der Waals surface area contributed by atoms with Crippen LogP contribution in [-0.2, 0) is 4.79 Å². The van der Waals surface area contributed by atoms with E-state index in [0.29, 0.717) is 5.56 Å². The molecule has 0 aromatic heterocycles. The van der Waals surface area contributed by atoms with Gasteiger partial charge in [-0.15, -0.1) is 0 Å². The van der Waals surface area contributed by atoms with Crippen molar-refractivity contribution in [1.29, 1.82) is 0 Å². The van der Waals surface area contributed by atoms with E-state index in [0.717, 1.165) is 6.21 Å². The number of rotatable bonds is 6. The molecule has 0 aliphatic rings. The smallest absolute Gasteiger partial charge is 0.311 e. The van der Waals surface area contributed by atoms with Crippen LogP contribution >= 0.6 is 0 Å². The largest absolute Gasteiger partial charge is 0.477 e. The van der Waals surface area contributed by atoms with Gasteiger partial charge in [-0.05, 0) is 24.6 Å². The fourth-order valence-corrected chi connectivity index (χ4v) is 1.82. The number of halogens is 1. The summed E-state index contributed by atoms with van der Waals surface area (Å²) in [6.45, 7) is 1.25. The van der Waals surface area contributed by atoms with Crippen molar-refractivity contribution < 1.29 is 18.8 Å². The summed E-state index contributed by atoms with van der Waals surface area (Å²) in [4.78, 5) is 22.0. The Labute approximate surface area is 136 Å². The zero-order valence-electron chi connectivity index (χ0n) is 12.7. The zero-order valence-corrected chi connectivity index (χ0v) is 12.7. The molecule has 0 fully saturated rings. The van der Waals surface area contributed by atoms with E-state index >= 15 is 0 Å². The van der Waals surface area contributed by atoms with E-state index in [4.69, 9.17) is 4.74 Å². The van der Waals surface area contributed by atoms with Crippen molar-refractivity contribution in [2.45, 2.75) is 6.92 Å². The van der Waals surface area contributed by atoms with Gasteiger partial charge in [0.2, 0.25) is 0 Å². The van der Waals surface area contributed by atoms with Crippen LogP contribution in [0, 0.1) is 22.9 Å². The number of aryl methyl sites for hydroxylation is 1. The van der Waals surface area contributed by atoms with Crippen LogP contribution in [-0.4, -0.2) is 23.7 Å². The molecule has 0 spiro atoms. The first-order chi connectivity index (χ1) is 11.5. The summed E-state index contributed by atoms with van der Waals surface area (Å²) in [6.07, 6.45) is 1.15. The lowest BCUT2D eigenvalue weighted by Crippen LogP contribution is -2.24. The number of carbonyl (C=O) groups excluding carboxylic acids is 1. The fraction of sp³-hybridized carbons (Fsp3) is 0.125. The minimum Gasteiger partial charge on any atom is -0.477 e. The summed E-state index contributed by atoms with van der Waals surface area (Å²) < 4.78 is 18.5. The second kappa shape index (κ2) is 7.82. The Kier molecular flexibility index (Phi) is 5.56. The van der Waals surface area contributed by atoms with Crippen LogP contribution in [0.5, 0.6) is 5.75 Å². The van der Waals surface area contributed by atoms with Gasteiger partial charge in [0, 0.05) is 11.6 Å². The van der Waals surface area contributed by atoms with Crippen LogP contribution in [0.4, 0.5) is 10.1 Å². The number of nitrogens with zero attached hydrogens (tertiary/aromatic N) is 2. The Bertz CT molecular complexity index is 793. The summed E-state index contributed by atoms with van der Waals surface area (Å²) in [5.41, 5.74) is 2.85. The van der Waals surface area contributed by atoms with Crippen molar-refractivity contribution in [1.82, 2.24) is 5.43 Å². The lowest BCUT2D eigenvalue weighted by atomic mass is 10.2. The highest BCUT2D eigenvalue weighted by Crippen LogP contribution is 2.27. The number of nitro groups is 1. The molecular weight excluding hydrogens is 317 g/mol. The molecule has 2 rings (SSSR count). The van der Waals surface area contributed by atoms with Crippen LogP contribution in [0.2, 0.25) is 0 Å². The SMILES string of the molecule is Cc1ccc(OCC(=O)N/N=C\c2ccccc2F)c([N+](=O)[O-])c1. The van der Waals surface area contributed by atoms with E-state index in [9.17, 15) is 19.3 Å². The number of ether oxygens (including phenoxy) is 1. The van der Waals surface area contributed by atoms with Crippen molar-refractivity contribution in [3.8, 4) is 5.75 Å². The van der Waals surface area contributed by atoms with Crippen molar-refractivity contribution in [3.05, 3.63) is 69.5 Å². The van der Waals surface area contributed by atoms with Crippen LogP contribution in [0.1, 0.15) is 11.1 Å². The molecule has 8 heteroatoms. The molecule has 124 valence electrons.